The maximum Gasteiger partial charge on any atom is 0.251 e. The Kier molecular flexibility index (Phi) is 6.83. The molecule has 0 heterocycles. The molecule has 25 heavy (non-hydrogen) atoms. The van der Waals surface area contributed by atoms with Crippen molar-refractivity contribution >= 4 is 33.4 Å². The Hall–Kier alpha value is -2.06. The molecular weight excluding hydrogens is 363 g/mol. The zero-order chi connectivity index (χ0) is 18.3. The molecule has 0 spiro atoms. The summed E-state index contributed by atoms with van der Waals surface area (Å²) in [7, 11) is -3.39. The molecule has 2 rings (SSSR count). The molecule has 0 radical (unpaired) electrons. The van der Waals surface area contributed by atoms with Gasteiger partial charge in [-0.15, -0.1) is 0 Å². The molecule has 0 saturated carbocycles. The van der Waals surface area contributed by atoms with Crippen LogP contribution < -0.4 is 10.0 Å². The van der Waals surface area contributed by atoms with Gasteiger partial charge in [0.05, 0.1) is 6.26 Å². The molecule has 0 aliphatic heterocycles. The number of carbonyl (C=O) groups excluding carboxylic acids is 1. The first kappa shape index (κ1) is 19.3. The smallest absolute Gasteiger partial charge is 0.251 e. The Labute approximate surface area is 151 Å². The lowest BCUT2D eigenvalue weighted by Crippen LogP contribution is -2.25. The van der Waals surface area contributed by atoms with Crippen molar-refractivity contribution in [1.82, 2.24) is 5.32 Å². The molecule has 0 aliphatic carbocycles. The van der Waals surface area contributed by atoms with Crippen LogP contribution in [-0.4, -0.2) is 32.9 Å². The topological polar surface area (TPSA) is 75.3 Å². The quantitative estimate of drug-likeness (QED) is 0.689. The van der Waals surface area contributed by atoms with Crippen molar-refractivity contribution in [2.75, 3.05) is 23.3 Å². The van der Waals surface area contributed by atoms with Crippen molar-refractivity contribution < 1.29 is 17.6 Å². The summed E-state index contributed by atoms with van der Waals surface area (Å²) in [5.74, 6) is 0.662. The van der Waals surface area contributed by atoms with E-state index >= 15 is 0 Å². The Morgan fingerprint density at radius 1 is 1.16 bits per heavy atom. The van der Waals surface area contributed by atoms with Gasteiger partial charge in [-0.05, 0) is 29.8 Å². The second-order valence-corrected chi connectivity index (χ2v) is 8.21. The lowest BCUT2D eigenvalue weighted by Gasteiger charge is -2.08. The normalized spacial score (nSPS) is 11.1. The number of anilines is 1. The molecule has 5 nitrogen and oxygen atoms in total. The highest BCUT2D eigenvalue weighted by Gasteiger charge is 2.08. The van der Waals surface area contributed by atoms with Crippen LogP contribution in [0.3, 0.4) is 0 Å². The van der Waals surface area contributed by atoms with Crippen molar-refractivity contribution in [2.24, 2.45) is 0 Å². The molecule has 8 heteroatoms. The first-order valence-electron chi connectivity index (χ1n) is 7.52. The molecule has 0 saturated heterocycles. The third-order valence-electron chi connectivity index (χ3n) is 3.18. The molecular formula is C17H19FN2O3S2. The van der Waals surface area contributed by atoms with E-state index in [-0.39, 0.29) is 11.7 Å². The van der Waals surface area contributed by atoms with Crippen LogP contribution in [-0.2, 0) is 15.8 Å². The molecule has 0 aliphatic rings. The summed E-state index contributed by atoms with van der Waals surface area (Å²) < 4.78 is 38.3. The van der Waals surface area contributed by atoms with Gasteiger partial charge < -0.3 is 5.32 Å². The zero-order valence-electron chi connectivity index (χ0n) is 13.7. The lowest BCUT2D eigenvalue weighted by molar-refractivity contribution is 0.0956. The first-order valence-corrected chi connectivity index (χ1v) is 10.6. The van der Waals surface area contributed by atoms with Crippen molar-refractivity contribution in [3.63, 3.8) is 0 Å². The molecule has 0 fully saturated rings. The van der Waals surface area contributed by atoms with Crippen molar-refractivity contribution in [2.45, 2.75) is 5.75 Å². The van der Waals surface area contributed by atoms with Gasteiger partial charge in [0.2, 0.25) is 10.0 Å². The highest BCUT2D eigenvalue weighted by Crippen LogP contribution is 2.15. The van der Waals surface area contributed by atoms with Gasteiger partial charge in [0.25, 0.3) is 5.91 Å². The molecule has 0 bridgehead atoms. The van der Waals surface area contributed by atoms with Gasteiger partial charge in [0, 0.05) is 29.3 Å². The summed E-state index contributed by atoms with van der Waals surface area (Å²) in [4.78, 5) is 12.1. The predicted molar refractivity (Wildman–Crippen MR) is 99.8 cm³/mol. The average Bonchev–Trinajstić information content (AvgIpc) is 2.54. The minimum absolute atomic E-state index is 0.228. The summed E-state index contributed by atoms with van der Waals surface area (Å²) >= 11 is 1.52. The van der Waals surface area contributed by atoms with Crippen LogP contribution in [0.25, 0.3) is 0 Å². The predicted octanol–water partition coefficient (Wildman–Crippen LogP) is 2.86. The summed E-state index contributed by atoms with van der Waals surface area (Å²) in [6.45, 7) is 0.432. The van der Waals surface area contributed by atoms with Gasteiger partial charge in [0.1, 0.15) is 5.82 Å². The van der Waals surface area contributed by atoms with E-state index in [0.717, 1.165) is 6.26 Å². The second-order valence-electron chi connectivity index (χ2n) is 5.35. The molecule has 0 unspecified atom stereocenters. The van der Waals surface area contributed by atoms with E-state index in [9.17, 15) is 17.6 Å². The van der Waals surface area contributed by atoms with Crippen LogP contribution in [0.2, 0.25) is 0 Å². The molecule has 1 amide bonds. The maximum atomic E-state index is 13.5. The fourth-order valence-electron chi connectivity index (χ4n) is 2.07. The minimum Gasteiger partial charge on any atom is -0.351 e. The van der Waals surface area contributed by atoms with Crippen LogP contribution >= 0.6 is 11.8 Å². The van der Waals surface area contributed by atoms with E-state index in [1.54, 1.807) is 36.4 Å². The molecule has 2 N–H and O–H groups in total. The number of benzene rings is 2. The van der Waals surface area contributed by atoms with Gasteiger partial charge in [0.15, 0.2) is 0 Å². The van der Waals surface area contributed by atoms with Gasteiger partial charge in [-0.2, -0.15) is 11.8 Å². The summed E-state index contributed by atoms with van der Waals surface area (Å²) in [5, 5.41) is 2.76. The number of rotatable bonds is 8. The molecule has 2 aromatic carbocycles. The summed E-state index contributed by atoms with van der Waals surface area (Å²) in [6, 6.07) is 12.9. The van der Waals surface area contributed by atoms with Crippen molar-refractivity contribution in [3.8, 4) is 0 Å². The number of carbonyl (C=O) groups is 1. The Bertz CT molecular complexity index is 841. The SMILES string of the molecule is CS(=O)(=O)Nc1cccc(C(=O)NCCSCc2ccccc2F)c1. The van der Waals surface area contributed by atoms with E-state index in [1.165, 1.54) is 23.9 Å². The Morgan fingerprint density at radius 2 is 1.92 bits per heavy atom. The number of halogens is 1. The van der Waals surface area contributed by atoms with E-state index < -0.39 is 10.0 Å². The van der Waals surface area contributed by atoms with E-state index in [2.05, 4.69) is 10.0 Å². The monoisotopic (exact) mass is 382 g/mol. The maximum absolute atomic E-state index is 13.5. The molecule has 0 aromatic heterocycles. The van der Waals surface area contributed by atoms with E-state index in [0.29, 0.717) is 34.9 Å². The Balaban J connectivity index is 1.79. The van der Waals surface area contributed by atoms with Gasteiger partial charge in [-0.1, -0.05) is 24.3 Å². The summed E-state index contributed by atoms with van der Waals surface area (Å²) in [5.41, 5.74) is 1.34. The molecule has 2 aromatic rings. The third-order valence-corrected chi connectivity index (χ3v) is 4.79. The van der Waals surface area contributed by atoms with Crippen molar-refractivity contribution in [3.05, 3.63) is 65.5 Å². The highest BCUT2D eigenvalue weighted by molar-refractivity contribution is 7.98. The molecule has 0 atom stereocenters. The fourth-order valence-corrected chi connectivity index (χ4v) is 3.47. The zero-order valence-corrected chi connectivity index (χ0v) is 15.3. The average molecular weight is 382 g/mol. The number of hydrogen-bond acceptors (Lipinski definition) is 4. The van der Waals surface area contributed by atoms with Crippen LogP contribution in [0.4, 0.5) is 10.1 Å². The van der Waals surface area contributed by atoms with Crippen LogP contribution in [0, 0.1) is 5.82 Å². The molecule has 134 valence electrons. The fraction of sp³-hybridized carbons (Fsp3) is 0.235. The second kappa shape index (κ2) is 8.87. The lowest BCUT2D eigenvalue weighted by atomic mass is 10.2. The Morgan fingerprint density at radius 3 is 2.64 bits per heavy atom. The number of nitrogens with one attached hydrogen (secondary N) is 2. The standard InChI is InChI=1S/C17H19FN2O3S2/c1-25(22,23)20-15-7-4-6-13(11-15)17(21)19-9-10-24-12-14-5-2-3-8-16(14)18/h2-8,11,20H,9-10,12H2,1H3,(H,19,21). The van der Waals surface area contributed by atoms with Gasteiger partial charge in [-0.3, -0.25) is 9.52 Å². The van der Waals surface area contributed by atoms with Gasteiger partial charge >= 0.3 is 0 Å². The van der Waals surface area contributed by atoms with Crippen LogP contribution in [0.5, 0.6) is 0 Å². The summed E-state index contributed by atoms with van der Waals surface area (Å²) in [6.07, 6.45) is 1.05. The largest absolute Gasteiger partial charge is 0.351 e. The minimum atomic E-state index is -3.39. The number of sulfonamides is 1. The van der Waals surface area contributed by atoms with E-state index in [4.69, 9.17) is 0 Å². The van der Waals surface area contributed by atoms with Crippen molar-refractivity contribution in [1.29, 1.82) is 0 Å². The highest BCUT2D eigenvalue weighted by atomic mass is 32.2. The van der Waals surface area contributed by atoms with Gasteiger partial charge in [-0.25, -0.2) is 12.8 Å². The van der Waals surface area contributed by atoms with Crippen LogP contribution in [0.1, 0.15) is 15.9 Å². The van der Waals surface area contributed by atoms with Crippen LogP contribution in [0.15, 0.2) is 48.5 Å². The first-order chi connectivity index (χ1) is 11.8. The number of amides is 1. The number of thioether (sulfide) groups is 1. The van der Waals surface area contributed by atoms with E-state index in [1.807, 2.05) is 0 Å². The number of hydrogen-bond donors (Lipinski definition) is 2. The third kappa shape index (κ3) is 6.75.